The third-order valence-corrected chi connectivity index (χ3v) is 5.86. The van der Waals surface area contributed by atoms with Crippen molar-refractivity contribution in [1.82, 2.24) is 4.57 Å². The summed E-state index contributed by atoms with van der Waals surface area (Å²) < 4.78 is 2.35. The number of aromatic nitrogens is 1. The Balaban J connectivity index is 1.75. The molecular weight excluding hydrogens is 366 g/mol. The third kappa shape index (κ3) is 3.56. The Bertz CT molecular complexity index is 1300. The molecule has 0 radical (unpaired) electrons. The second-order valence-electron chi connectivity index (χ2n) is 8.73. The first-order valence-corrected chi connectivity index (χ1v) is 10.4. The highest BCUT2D eigenvalue weighted by Crippen LogP contribution is 2.39. The quantitative estimate of drug-likeness (QED) is 0.455. The molecule has 1 heterocycles. The van der Waals surface area contributed by atoms with Crippen LogP contribution in [0.5, 0.6) is 0 Å². The predicted octanol–water partition coefficient (Wildman–Crippen LogP) is 6.92. The van der Waals surface area contributed by atoms with Crippen molar-refractivity contribution >= 4 is 27.9 Å². The third-order valence-electron chi connectivity index (χ3n) is 5.86. The van der Waals surface area contributed by atoms with Crippen molar-refractivity contribution in [1.29, 1.82) is 10.5 Å². The number of rotatable bonds is 3. The fourth-order valence-electron chi connectivity index (χ4n) is 4.61. The molecule has 3 aromatic rings. The minimum Gasteiger partial charge on any atom is -0.341 e. The molecule has 0 amide bonds. The van der Waals surface area contributed by atoms with Crippen LogP contribution in [-0.4, -0.2) is 4.57 Å². The molecule has 0 saturated heterocycles. The van der Waals surface area contributed by atoms with Crippen LogP contribution in [0, 0.1) is 28.1 Å². The summed E-state index contributed by atoms with van der Waals surface area (Å²) in [6, 6.07) is 19.3. The monoisotopic (exact) mass is 391 g/mol. The van der Waals surface area contributed by atoms with Gasteiger partial charge in [0.25, 0.3) is 0 Å². The van der Waals surface area contributed by atoms with E-state index in [1.54, 1.807) is 0 Å². The van der Waals surface area contributed by atoms with Gasteiger partial charge in [0, 0.05) is 28.4 Å². The Hall–Kier alpha value is -3.56. The van der Waals surface area contributed by atoms with Gasteiger partial charge in [-0.3, -0.25) is 0 Å². The Labute approximate surface area is 177 Å². The van der Waals surface area contributed by atoms with Gasteiger partial charge in [0.05, 0.1) is 0 Å². The number of aryl methyl sites for hydroxylation is 1. The molecule has 0 aliphatic heterocycles. The maximum absolute atomic E-state index is 9.27. The van der Waals surface area contributed by atoms with Crippen molar-refractivity contribution in [2.75, 3.05) is 0 Å². The lowest BCUT2D eigenvalue weighted by atomic mass is 9.74. The van der Waals surface area contributed by atoms with Crippen molar-refractivity contribution in [3.63, 3.8) is 0 Å². The lowest BCUT2D eigenvalue weighted by Gasteiger charge is -2.30. The van der Waals surface area contributed by atoms with Gasteiger partial charge >= 0.3 is 0 Å². The number of allylic oxidation sites excluding steroid dienone is 5. The van der Waals surface area contributed by atoms with Crippen molar-refractivity contribution in [3.8, 4) is 12.1 Å². The lowest BCUT2D eigenvalue weighted by Crippen LogP contribution is -2.17. The summed E-state index contributed by atoms with van der Waals surface area (Å²) in [6.45, 7) is 7.49. The molecule has 3 nitrogen and oxygen atoms in total. The van der Waals surface area contributed by atoms with Crippen LogP contribution >= 0.6 is 0 Å². The smallest absolute Gasteiger partial charge is 0.132 e. The van der Waals surface area contributed by atoms with Crippen LogP contribution in [0.1, 0.15) is 39.2 Å². The van der Waals surface area contributed by atoms with Gasteiger partial charge in [0.15, 0.2) is 0 Å². The molecule has 30 heavy (non-hydrogen) atoms. The Morgan fingerprint density at radius 1 is 1.00 bits per heavy atom. The number of benzene rings is 2. The zero-order chi connectivity index (χ0) is 21.3. The van der Waals surface area contributed by atoms with E-state index >= 15 is 0 Å². The van der Waals surface area contributed by atoms with Gasteiger partial charge in [-0.1, -0.05) is 56.3 Å². The maximum atomic E-state index is 9.27. The first-order chi connectivity index (χ1) is 14.5. The molecule has 0 N–H and O–H groups in total. The van der Waals surface area contributed by atoms with Crippen molar-refractivity contribution in [3.05, 3.63) is 76.9 Å². The summed E-state index contributed by atoms with van der Waals surface area (Å²) in [5.41, 5.74) is 5.92. The minimum atomic E-state index is 0.0290. The summed E-state index contributed by atoms with van der Waals surface area (Å²) in [4.78, 5) is 0. The van der Waals surface area contributed by atoms with E-state index in [9.17, 15) is 10.5 Å². The Morgan fingerprint density at radius 2 is 1.73 bits per heavy atom. The Kier molecular flexibility index (Phi) is 5.06. The van der Waals surface area contributed by atoms with Crippen LogP contribution in [0.15, 0.2) is 71.3 Å². The average Bonchev–Trinajstić information content (AvgIpc) is 3.05. The van der Waals surface area contributed by atoms with Crippen LogP contribution in [-0.2, 0) is 6.54 Å². The Morgan fingerprint density at radius 3 is 2.47 bits per heavy atom. The number of nitrogens with zero attached hydrogens (tertiary/aromatic N) is 3. The molecular formula is C27H25N3. The van der Waals surface area contributed by atoms with Gasteiger partial charge in [-0.15, -0.1) is 0 Å². The zero-order valence-corrected chi connectivity index (χ0v) is 17.7. The van der Waals surface area contributed by atoms with E-state index in [-0.39, 0.29) is 11.0 Å². The van der Waals surface area contributed by atoms with Crippen molar-refractivity contribution in [2.24, 2.45) is 5.41 Å². The number of para-hydroxylation sites is 1. The molecule has 0 fully saturated rings. The second-order valence-corrected chi connectivity index (χ2v) is 8.73. The summed E-state index contributed by atoms with van der Waals surface area (Å²) >= 11 is 0. The largest absolute Gasteiger partial charge is 0.341 e. The summed E-state index contributed by atoms with van der Waals surface area (Å²) in [6.07, 6.45) is 7.97. The van der Waals surface area contributed by atoms with Gasteiger partial charge in [-0.25, -0.2) is 0 Å². The van der Waals surface area contributed by atoms with Crippen LogP contribution in [0.4, 0.5) is 0 Å². The number of hydrogen-bond donors (Lipinski definition) is 0. The number of hydrogen-bond acceptors (Lipinski definition) is 2. The van der Waals surface area contributed by atoms with Crippen LogP contribution in [0.2, 0.25) is 0 Å². The maximum Gasteiger partial charge on any atom is 0.132 e. The van der Waals surface area contributed by atoms with E-state index in [0.717, 1.165) is 36.1 Å². The summed E-state index contributed by atoms with van der Waals surface area (Å²) in [7, 11) is 0. The minimum absolute atomic E-state index is 0.0290. The molecule has 1 aromatic heterocycles. The van der Waals surface area contributed by atoms with Gasteiger partial charge in [0.1, 0.15) is 17.7 Å². The molecule has 1 aliphatic carbocycles. The molecule has 0 bridgehead atoms. The molecule has 2 aromatic carbocycles. The molecule has 0 atom stereocenters. The first kappa shape index (κ1) is 19.7. The van der Waals surface area contributed by atoms with E-state index < -0.39 is 0 Å². The van der Waals surface area contributed by atoms with E-state index in [4.69, 9.17) is 0 Å². The average molecular weight is 392 g/mol. The van der Waals surface area contributed by atoms with Gasteiger partial charge < -0.3 is 4.57 Å². The van der Waals surface area contributed by atoms with E-state index in [0.29, 0.717) is 0 Å². The van der Waals surface area contributed by atoms with Crippen molar-refractivity contribution in [2.45, 2.75) is 40.2 Å². The molecule has 148 valence electrons. The zero-order valence-electron chi connectivity index (χ0n) is 17.7. The predicted molar refractivity (Wildman–Crippen MR) is 124 cm³/mol. The normalized spacial score (nSPS) is 15.9. The second kappa shape index (κ2) is 7.69. The molecule has 3 heteroatoms. The van der Waals surface area contributed by atoms with E-state index in [1.165, 1.54) is 21.8 Å². The highest BCUT2D eigenvalue weighted by molar-refractivity contribution is 6.08. The van der Waals surface area contributed by atoms with Gasteiger partial charge in [-0.2, -0.15) is 10.5 Å². The molecule has 1 aliphatic rings. The van der Waals surface area contributed by atoms with Gasteiger partial charge in [0.2, 0.25) is 0 Å². The van der Waals surface area contributed by atoms with Crippen molar-refractivity contribution < 1.29 is 0 Å². The number of fused-ring (bicyclic) bond motifs is 3. The standard InChI is InChI=1S/C27H25N3/c1-4-30-25-8-6-5-7-23(25)24-14-19(11-12-26(24)30)9-10-20-13-21(22(17-28)18-29)16-27(2,3)15-20/h5-14H,4,15-16H2,1-3H3/b10-9+. The van der Waals surface area contributed by atoms with Gasteiger partial charge in [-0.05, 0) is 60.1 Å². The fraction of sp³-hybridized carbons (Fsp3) is 0.259. The fourth-order valence-corrected chi connectivity index (χ4v) is 4.61. The topological polar surface area (TPSA) is 52.5 Å². The molecule has 0 unspecified atom stereocenters. The van der Waals surface area contributed by atoms with Crippen LogP contribution < -0.4 is 0 Å². The van der Waals surface area contributed by atoms with Crippen LogP contribution in [0.25, 0.3) is 27.9 Å². The summed E-state index contributed by atoms with van der Waals surface area (Å²) in [5.74, 6) is 0. The highest BCUT2D eigenvalue weighted by atomic mass is 15.0. The number of nitriles is 2. The van der Waals surface area contributed by atoms with Crippen LogP contribution in [0.3, 0.4) is 0 Å². The molecule has 0 spiro atoms. The first-order valence-electron chi connectivity index (χ1n) is 10.4. The SMILES string of the molecule is CCn1c2ccccc2c2cc(/C=C/C3=CC(=C(C#N)C#N)CC(C)(C)C3)ccc21. The molecule has 0 saturated carbocycles. The molecule has 4 rings (SSSR count). The lowest BCUT2D eigenvalue weighted by molar-refractivity contribution is 0.354. The highest BCUT2D eigenvalue weighted by Gasteiger charge is 2.26. The van der Waals surface area contributed by atoms with E-state index in [1.807, 2.05) is 18.2 Å². The van der Waals surface area contributed by atoms with E-state index in [2.05, 4.69) is 80.0 Å². The summed E-state index contributed by atoms with van der Waals surface area (Å²) in [5, 5.41) is 21.1.